The van der Waals surface area contributed by atoms with Gasteiger partial charge in [0.1, 0.15) is 11.5 Å². The highest BCUT2D eigenvalue weighted by atomic mass is 16.5. The molecule has 60 heavy (non-hydrogen) atoms. The van der Waals surface area contributed by atoms with Crippen LogP contribution >= 0.6 is 0 Å². The molecule has 0 unspecified atom stereocenters. The Labute approximate surface area is 356 Å². The van der Waals surface area contributed by atoms with Gasteiger partial charge in [0.05, 0.1) is 33.7 Å². The molecule has 0 amide bonds. The zero-order valence-corrected chi connectivity index (χ0v) is 37.4. The summed E-state index contributed by atoms with van der Waals surface area (Å²) < 4.78 is 13.1. The van der Waals surface area contributed by atoms with Crippen LogP contribution in [0.15, 0.2) is 135 Å². The van der Waals surface area contributed by atoms with Crippen LogP contribution in [0.3, 0.4) is 0 Å². The average Bonchev–Trinajstić information content (AvgIpc) is 3.20. The van der Waals surface area contributed by atoms with Crippen LogP contribution in [-0.4, -0.2) is 0 Å². The van der Waals surface area contributed by atoms with Crippen molar-refractivity contribution in [3.05, 3.63) is 191 Å². The summed E-state index contributed by atoms with van der Waals surface area (Å²) in [5.74, 6) is 2.32. The number of rotatable bonds is 6. The lowest BCUT2D eigenvalue weighted by Crippen LogP contribution is -2.64. The predicted molar refractivity (Wildman–Crippen MR) is 251 cm³/mol. The van der Waals surface area contributed by atoms with Gasteiger partial charge in [-0.1, -0.05) is 162 Å². The van der Waals surface area contributed by atoms with Gasteiger partial charge in [0, 0.05) is 17.0 Å². The van der Waals surface area contributed by atoms with Gasteiger partial charge in [0.15, 0.2) is 0 Å². The lowest BCUT2D eigenvalue weighted by Gasteiger charge is -2.24. The van der Waals surface area contributed by atoms with E-state index in [-0.39, 0.29) is 48.9 Å². The third-order valence-electron chi connectivity index (χ3n) is 11.5. The van der Waals surface area contributed by atoms with Gasteiger partial charge >= 0.3 is 11.5 Å². The molecule has 4 nitrogen and oxygen atoms in total. The minimum Gasteiger partial charge on any atom is -0.457 e. The Morgan fingerprint density at radius 2 is 0.767 bits per heavy atom. The lowest BCUT2D eigenvalue weighted by atomic mass is 9.86. The van der Waals surface area contributed by atoms with Gasteiger partial charge in [0.2, 0.25) is 10.9 Å². The lowest BCUT2D eigenvalue weighted by molar-refractivity contribution is 0.458. The van der Waals surface area contributed by atoms with Gasteiger partial charge in [-0.2, -0.15) is 0 Å². The Hall–Kier alpha value is -5.87. The SMILES string of the molecule is CC(C)(C)c1ccc(C2=CC(C=c3c(=O)c(=Cc4cc(-c5ccc(C(C)(C)C)cc5)[o+]c(-c5ccc(C(C)(C)C)cc5)c4)c3=O)C=C(c3ccc(C(C)(C)C)cc3)O2)cc1. The number of hydrogen-bond donors (Lipinski definition) is 0. The number of benzene rings is 4. The molecule has 0 spiro atoms. The van der Waals surface area contributed by atoms with Gasteiger partial charge in [0.25, 0.3) is 0 Å². The minimum atomic E-state index is -0.348. The van der Waals surface area contributed by atoms with Crippen LogP contribution in [0.25, 0.3) is 46.3 Å². The van der Waals surface area contributed by atoms with E-state index in [9.17, 15) is 9.59 Å². The summed E-state index contributed by atoms with van der Waals surface area (Å²) in [5, 5.41) is 0.341. The van der Waals surface area contributed by atoms with Crippen LogP contribution in [0.5, 0.6) is 0 Å². The highest BCUT2D eigenvalue weighted by Gasteiger charge is 2.25. The van der Waals surface area contributed by atoms with Gasteiger partial charge in [-0.15, -0.1) is 0 Å². The van der Waals surface area contributed by atoms with E-state index in [0.717, 1.165) is 27.8 Å². The van der Waals surface area contributed by atoms with Crippen molar-refractivity contribution in [1.29, 1.82) is 0 Å². The molecule has 0 radical (unpaired) electrons. The first-order valence-electron chi connectivity index (χ1n) is 21.1. The molecule has 1 aromatic heterocycles. The first-order valence-corrected chi connectivity index (χ1v) is 21.1. The number of allylic oxidation sites excluding steroid dienone is 2. The molecule has 4 heteroatoms. The van der Waals surface area contributed by atoms with Crippen LogP contribution < -0.4 is 21.3 Å². The molecular formula is C56H59O4+. The van der Waals surface area contributed by atoms with Gasteiger partial charge < -0.3 is 4.74 Å². The van der Waals surface area contributed by atoms with Crippen molar-refractivity contribution in [2.45, 2.75) is 105 Å². The van der Waals surface area contributed by atoms with Gasteiger partial charge in [-0.05, 0) is 92.0 Å². The zero-order valence-electron chi connectivity index (χ0n) is 37.4. The van der Waals surface area contributed by atoms with Crippen LogP contribution in [0, 0.1) is 5.92 Å². The summed E-state index contributed by atoms with van der Waals surface area (Å²) in [5.41, 5.74) is 8.78. The van der Waals surface area contributed by atoms with Crippen molar-refractivity contribution < 1.29 is 9.15 Å². The predicted octanol–water partition coefficient (Wildman–Crippen LogP) is 12.0. The summed E-state index contributed by atoms with van der Waals surface area (Å²) in [7, 11) is 0. The van der Waals surface area contributed by atoms with Gasteiger partial charge in [-0.3, -0.25) is 9.59 Å². The highest BCUT2D eigenvalue weighted by Crippen LogP contribution is 2.36. The largest absolute Gasteiger partial charge is 0.457 e. The summed E-state index contributed by atoms with van der Waals surface area (Å²) in [6.07, 6.45) is 7.46. The van der Waals surface area contributed by atoms with Crippen LogP contribution in [-0.2, 0) is 26.4 Å². The monoisotopic (exact) mass is 795 g/mol. The second-order valence-corrected chi connectivity index (χ2v) is 20.5. The molecule has 0 saturated heterocycles. The van der Waals surface area contributed by atoms with E-state index in [1.165, 1.54) is 22.3 Å². The van der Waals surface area contributed by atoms with E-state index in [2.05, 4.69) is 180 Å². The maximum atomic E-state index is 13.9. The van der Waals surface area contributed by atoms with E-state index < -0.39 is 0 Å². The first-order chi connectivity index (χ1) is 28.0. The molecule has 0 aliphatic carbocycles. The molecule has 6 aromatic rings. The molecule has 0 N–H and O–H groups in total. The van der Waals surface area contributed by atoms with E-state index in [0.29, 0.717) is 23.0 Å². The zero-order chi connectivity index (χ0) is 43.4. The Morgan fingerprint density at radius 3 is 1.08 bits per heavy atom. The van der Waals surface area contributed by atoms with E-state index in [1.807, 2.05) is 24.3 Å². The van der Waals surface area contributed by atoms with E-state index >= 15 is 0 Å². The molecule has 1 aliphatic rings. The molecule has 2 heterocycles. The summed E-state index contributed by atoms with van der Waals surface area (Å²) in [4.78, 5) is 27.9. The third-order valence-corrected chi connectivity index (χ3v) is 11.5. The van der Waals surface area contributed by atoms with Crippen molar-refractivity contribution in [2.24, 2.45) is 5.92 Å². The molecule has 5 aromatic carbocycles. The van der Waals surface area contributed by atoms with Crippen molar-refractivity contribution in [1.82, 2.24) is 0 Å². The molecule has 0 atom stereocenters. The Kier molecular flexibility index (Phi) is 11.0. The molecule has 0 fully saturated rings. The van der Waals surface area contributed by atoms with Crippen LogP contribution in [0.4, 0.5) is 0 Å². The van der Waals surface area contributed by atoms with Crippen molar-refractivity contribution in [3.63, 3.8) is 0 Å². The molecule has 7 rings (SSSR count). The van der Waals surface area contributed by atoms with Crippen LogP contribution in [0.2, 0.25) is 0 Å². The molecule has 306 valence electrons. The molecule has 0 bridgehead atoms. The van der Waals surface area contributed by atoms with E-state index in [1.54, 1.807) is 12.2 Å². The molecule has 1 aliphatic heterocycles. The fourth-order valence-corrected chi connectivity index (χ4v) is 7.49. The fourth-order valence-electron chi connectivity index (χ4n) is 7.49. The summed E-state index contributed by atoms with van der Waals surface area (Å²) in [6.45, 7) is 26.3. The Morgan fingerprint density at radius 1 is 0.450 bits per heavy atom. The number of hydrogen-bond acceptors (Lipinski definition) is 3. The maximum absolute atomic E-state index is 13.9. The summed E-state index contributed by atoms with van der Waals surface area (Å²) >= 11 is 0. The molecule has 0 saturated carbocycles. The Bertz CT molecular complexity index is 2610. The molecular weight excluding hydrogens is 737 g/mol. The van der Waals surface area contributed by atoms with E-state index in [4.69, 9.17) is 9.15 Å². The normalized spacial score (nSPS) is 14.1. The summed E-state index contributed by atoms with van der Waals surface area (Å²) in [6, 6.07) is 37.4. The smallest absolute Gasteiger partial charge is 0.361 e. The average molecular weight is 796 g/mol. The van der Waals surface area contributed by atoms with Crippen LogP contribution in [0.1, 0.15) is 122 Å². The minimum absolute atomic E-state index is 0.00679. The topological polar surface area (TPSA) is 54.7 Å². The standard InChI is InChI=1S/C56H59O4/c1-53(2,3)41-21-13-37(14-22-41)47-31-35(32-48(59-47)38-15-23-42(24-16-38)54(4,5)6)29-45-51(57)46(52(45)58)30-36-33-49(39-17-25-43(26-18-39)55(7,8)9)60-50(34-36)40-19-27-44(28-20-40)56(10,11)12/h13-35H,1-12H3/q+1. The number of ether oxygens (including phenoxy) is 1. The quantitative estimate of drug-likeness (QED) is 0.158. The second-order valence-electron chi connectivity index (χ2n) is 20.5. The second kappa shape index (κ2) is 15.6. The Balaban J connectivity index is 1.30. The van der Waals surface area contributed by atoms with Gasteiger partial charge in [-0.25, -0.2) is 4.42 Å². The third kappa shape index (κ3) is 9.14. The fraction of sp³-hybridized carbons (Fsp3) is 0.304. The van der Waals surface area contributed by atoms with Crippen molar-refractivity contribution in [2.75, 3.05) is 0 Å². The van der Waals surface area contributed by atoms with Crippen molar-refractivity contribution >= 4 is 23.7 Å². The first kappa shape index (κ1) is 42.3. The van der Waals surface area contributed by atoms with Crippen molar-refractivity contribution in [3.8, 4) is 22.6 Å². The highest BCUT2D eigenvalue weighted by molar-refractivity contribution is 5.75. The maximum Gasteiger partial charge on any atom is 0.361 e.